The lowest BCUT2D eigenvalue weighted by Crippen LogP contribution is -2.27. The Kier molecular flexibility index (Phi) is 11.5. The number of methoxy groups -OCH3 is 4. The van der Waals surface area contributed by atoms with E-state index in [1.54, 1.807) is 112 Å². The number of benzene rings is 4. The number of Topliss-reactive ketones (excluding diaryl/α,β-unsaturated/α-hetero) is 2. The molecule has 5 aromatic rings. The third-order valence-electron chi connectivity index (χ3n) is 7.71. The van der Waals surface area contributed by atoms with Gasteiger partial charge in [-0.15, -0.1) is 0 Å². The van der Waals surface area contributed by atoms with Gasteiger partial charge in [-0.2, -0.15) is 0 Å². The number of ketones is 2. The van der Waals surface area contributed by atoms with Gasteiger partial charge in [-0.3, -0.25) is 9.59 Å². The topological polar surface area (TPSA) is 134 Å². The Hall–Kier alpha value is -6.30. The summed E-state index contributed by atoms with van der Waals surface area (Å²) in [6.45, 7) is 4.97. The molecule has 0 spiro atoms. The first-order valence-electron chi connectivity index (χ1n) is 16.2. The molecule has 5 rings (SSSR count). The summed E-state index contributed by atoms with van der Waals surface area (Å²) in [6.07, 6.45) is 1.00. The molecule has 12 heteroatoms. The van der Waals surface area contributed by atoms with Crippen LogP contribution in [0.3, 0.4) is 0 Å². The smallest absolute Gasteiger partial charge is 0.420 e. The lowest BCUT2D eigenvalue weighted by Gasteiger charge is -2.20. The fourth-order valence-electron chi connectivity index (χ4n) is 5.08. The van der Waals surface area contributed by atoms with Gasteiger partial charge in [0.25, 0.3) is 0 Å². The normalized spacial score (nSPS) is 11.0. The Morgan fingerprint density at radius 3 is 1.46 bits per heavy atom. The standard InChI is InChI=1S/C40H40N2O10/c1-40(2,3)52-39(45)42-22-31(25-8-14-29(15-9-25)50-23-32(43)27-12-18-34(46-4)36(20-27)48-6)41-38(42)26-10-16-30(17-11-26)51-24-33(44)28-13-19-35(47-5)37(21-28)49-7/h8-22H,23-24H2,1-7H3. The zero-order valence-electron chi connectivity index (χ0n) is 30.1. The molecule has 0 amide bonds. The maximum absolute atomic E-state index is 13.3. The number of carbonyl (C=O) groups excluding carboxylic acids is 3. The van der Waals surface area contributed by atoms with Crippen LogP contribution in [-0.2, 0) is 4.74 Å². The highest BCUT2D eigenvalue weighted by atomic mass is 16.6. The van der Waals surface area contributed by atoms with Gasteiger partial charge in [0, 0.05) is 28.5 Å². The molecule has 0 bridgehead atoms. The Morgan fingerprint density at radius 2 is 1.04 bits per heavy atom. The average molecular weight is 709 g/mol. The number of carbonyl (C=O) groups is 3. The molecule has 0 unspecified atom stereocenters. The second-order valence-corrected chi connectivity index (χ2v) is 12.4. The molecule has 0 radical (unpaired) electrons. The van der Waals surface area contributed by atoms with Gasteiger partial charge < -0.3 is 33.2 Å². The van der Waals surface area contributed by atoms with Crippen LogP contribution in [0.5, 0.6) is 34.5 Å². The van der Waals surface area contributed by atoms with Crippen molar-refractivity contribution in [1.29, 1.82) is 0 Å². The summed E-state index contributed by atoms with van der Waals surface area (Å²) in [5.74, 6) is 2.74. The molecule has 0 saturated carbocycles. The Morgan fingerprint density at radius 1 is 0.596 bits per heavy atom. The number of imidazole rings is 1. The van der Waals surface area contributed by atoms with E-state index in [0.717, 1.165) is 0 Å². The van der Waals surface area contributed by atoms with Crippen molar-refractivity contribution in [1.82, 2.24) is 9.55 Å². The van der Waals surface area contributed by atoms with Crippen molar-refractivity contribution in [3.8, 4) is 57.1 Å². The highest BCUT2D eigenvalue weighted by molar-refractivity contribution is 5.98. The summed E-state index contributed by atoms with van der Waals surface area (Å²) in [5.41, 5.74) is 1.93. The molecule has 0 aliphatic carbocycles. The van der Waals surface area contributed by atoms with E-state index in [4.69, 9.17) is 38.1 Å². The first-order chi connectivity index (χ1) is 24.9. The summed E-state index contributed by atoms with van der Waals surface area (Å²) in [5, 5.41) is 0. The Bertz CT molecular complexity index is 2040. The van der Waals surface area contributed by atoms with E-state index < -0.39 is 11.7 Å². The summed E-state index contributed by atoms with van der Waals surface area (Å²) >= 11 is 0. The zero-order chi connectivity index (χ0) is 37.4. The van der Waals surface area contributed by atoms with Crippen molar-refractivity contribution >= 4 is 17.7 Å². The largest absolute Gasteiger partial charge is 0.493 e. The highest BCUT2D eigenvalue weighted by Gasteiger charge is 2.23. The minimum Gasteiger partial charge on any atom is -0.493 e. The van der Waals surface area contributed by atoms with Crippen LogP contribution in [0.15, 0.2) is 91.1 Å². The monoisotopic (exact) mass is 708 g/mol. The van der Waals surface area contributed by atoms with Gasteiger partial charge in [0.1, 0.15) is 22.9 Å². The predicted octanol–water partition coefficient (Wildman–Crippen LogP) is 7.56. The summed E-state index contributed by atoms with van der Waals surface area (Å²) < 4.78 is 39.6. The average Bonchev–Trinajstić information content (AvgIpc) is 3.61. The van der Waals surface area contributed by atoms with E-state index >= 15 is 0 Å². The molecule has 0 aliphatic heterocycles. The third-order valence-corrected chi connectivity index (χ3v) is 7.71. The van der Waals surface area contributed by atoms with Crippen LogP contribution in [0.25, 0.3) is 22.6 Å². The number of hydrogen-bond acceptors (Lipinski definition) is 11. The quantitative estimate of drug-likeness (QED) is 0.106. The lowest BCUT2D eigenvalue weighted by molar-refractivity contribution is 0.0539. The molecular weight excluding hydrogens is 668 g/mol. The van der Waals surface area contributed by atoms with Crippen molar-refractivity contribution in [3.05, 3.63) is 102 Å². The van der Waals surface area contributed by atoms with Crippen LogP contribution < -0.4 is 28.4 Å². The van der Waals surface area contributed by atoms with Crippen molar-refractivity contribution in [2.24, 2.45) is 0 Å². The molecule has 270 valence electrons. The molecule has 4 aromatic carbocycles. The van der Waals surface area contributed by atoms with Crippen LogP contribution in [0.1, 0.15) is 41.5 Å². The second kappa shape index (κ2) is 16.2. The van der Waals surface area contributed by atoms with Crippen LogP contribution in [-0.4, -0.2) is 74.5 Å². The molecule has 0 atom stereocenters. The van der Waals surface area contributed by atoms with Crippen LogP contribution >= 0.6 is 0 Å². The molecule has 52 heavy (non-hydrogen) atoms. The van der Waals surface area contributed by atoms with Crippen LogP contribution in [0.4, 0.5) is 4.79 Å². The summed E-state index contributed by atoms with van der Waals surface area (Å²) in [6, 6.07) is 23.7. The van der Waals surface area contributed by atoms with Gasteiger partial charge in [0.15, 0.2) is 47.8 Å². The molecule has 12 nitrogen and oxygen atoms in total. The molecule has 0 aliphatic rings. The minimum absolute atomic E-state index is 0.184. The minimum atomic E-state index is -0.746. The van der Waals surface area contributed by atoms with E-state index in [9.17, 15) is 14.4 Å². The fourth-order valence-corrected chi connectivity index (χ4v) is 5.08. The first-order valence-corrected chi connectivity index (χ1v) is 16.2. The van der Waals surface area contributed by atoms with Crippen molar-refractivity contribution in [2.75, 3.05) is 41.7 Å². The van der Waals surface area contributed by atoms with Crippen LogP contribution in [0, 0.1) is 0 Å². The van der Waals surface area contributed by atoms with Crippen molar-refractivity contribution in [3.63, 3.8) is 0 Å². The van der Waals surface area contributed by atoms with Gasteiger partial charge in [0.2, 0.25) is 0 Å². The van der Waals surface area contributed by atoms with Gasteiger partial charge in [0.05, 0.1) is 34.1 Å². The van der Waals surface area contributed by atoms with E-state index in [1.807, 2.05) is 0 Å². The fraction of sp³-hybridized carbons (Fsp3) is 0.250. The van der Waals surface area contributed by atoms with Gasteiger partial charge in [-0.05, 0) is 106 Å². The molecule has 1 aromatic heterocycles. The molecular formula is C40H40N2O10. The summed E-state index contributed by atoms with van der Waals surface area (Å²) in [4.78, 5) is 43.7. The number of ether oxygens (including phenoxy) is 7. The van der Waals surface area contributed by atoms with Gasteiger partial charge >= 0.3 is 6.09 Å². The molecule has 1 heterocycles. The SMILES string of the molecule is COc1ccc(C(=O)COc2ccc(-c3cn(C(=O)OC(C)(C)C)c(-c4ccc(OCC(=O)c5ccc(OC)c(OC)c5)cc4)n3)cc2)cc1OC. The van der Waals surface area contributed by atoms with E-state index in [-0.39, 0.29) is 24.8 Å². The summed E-state index contributed by atoms with van der Waals surface area (Å²) in [7, 11) is 6.06. The Labute approximate surface area is 301 Å². The molecule has 0 saturated heterocycles. The Balaban J connectivity index is 1.30. The zero-order valence-corrected chi connectivity index (χ0v) is 30.1. The predicted molar refractivity (Wildman–Crippen MR) is 193 cm³/mol. The van der Waals surface area contributed by atoms with Crippen LogP contribution in [0.2, 0.25) is 0 Å². The van der Waals surface area contributed by atoms with Crippen molar-refractivity contribution < 1.29 is 47.5 Å². The molecule has 0 fully saturated rings. The number of rotatable bonds is 14. The maximum Gasteiger partial charge on any atom is 0.420 e. The van der Waals surface area contributed by atoms with E-state index in [0.29, 0.717) is 68.3 Å². The number of nitrogens with zero attached hydrogens (tertiary/aromatic N) is 2. The van der Waals surface area contributed by atoms with Gasteiger partial charge in [-0.25, -0.2) is 14.3 Å². The van der Waals surface area contributed by atoms with E-state index in [1.165, 1.54) is 33.0 Å². The molecule has 0 N–H and O–H groups in total. The number of hydrogen-bond donors (Lipinski definition) is 0. The first kappa shape index (κ1) is 37.0. The third kappa shape index (κ3) is 8.88. The highest BCUT2D eigenvalue weighted by Crippen LogP contribution is 2.31. The second-order valence-electron chi connectivity index (χ2n) is 12.4. The number of aromatic nitrogens is 2. The van der Waals surface area contributed by atoms with Crippen molar-refractivity contribution in [2.45, 2.75) is 26.4 Å². The van der Waals surface area contributed by atoms with E-state index in [2.05, 4.69) is 0 Å². The lowest BCUT2D eigenvalue weighted by atomic mass is 10.1. The maximum atomic E-state index is 13.3. The van der Waals surface area contributed by atoms with Gasteiger partial charge in [-0.1, -0.05) is 0 Å².